The Bertz CT molecular complexity index is 488. The fraction of sp³-hybridized carbons (Fsp3) is 0.625. The zero-order valence-electron chi connectivity index (χ0n) is 12.2. The maximum atomic E-state index is 6.64. The molecule has 0 N–H and O–H groups in total. The molecule has 0 aromatic heterocycles. The van der Waals surface area contributed by atoms with E-state index >= 15 is 0 Å². The van der Waals surface area contributed by atoms with Crippen LogP contribution in [0.25, 0.3) is 0 Å². The van der Waals surface area contributed by atoms with Crippen molar-refractivity contribution in [1.82, 2.24) is 4.67 Å². The SMILES string of the molecule is Br[C@@H]1CCC[C@H]1OP1N(c2ccccc2)C[C@@H]2CCCN21. The molecular weight excluding hydrogens is 347 g/mol. The van der Waals surface area contributed by atoms with E-state index in [0.717, 1.165) is 6.54 Å². The predicted octanol–water partition coefficient (Wildman–Crippen LogP) is 4.53. The van der Waals surface area contributed by atoms with Gasteiger partial charge in [-0.25, -0.2) is 4.67 Å². The number of hydrogen-bond donors (Lipinski definition) is 0. The lowest BCUT2D eigenvalue weighted by Crippen LogP contribution is -2.24. The molecule has 3 aliphatic rings. The van der Waals surface area contributed by atoms with Gasteiger partial charge in [-0.05, 0) is 44.2 Å². The molecule has 5 heteroatoms. The minimum absolute atomic E-state index is 0.390. The van der Waals surface area contributed by atoms with Gasteiger partial charge in [0, 0.05) is 29.6 Å². The van der Waals surface area contributed by atoms with Crippen LogP contribution in [0, 0.1) is 0 Å². The molecule has 2 aliphatic heterocycles. The highest BCUT2D eigenvalue weighted by Gasteiger charge is 2.45. The maximum absolute atomic E-state index is 6.64. The summed E-state index contributed by atoms with van der Waals surface area (Å²) in [7, 11) is -0.626. The molecule has 2 heterocycles. The smallest absolute Gasteiger partial charge is 0.218 e. The third-order valence-electron chi connectivity index (χ3n) is 4.81. The van der Waals surface area contributed by atoms with Gasteiger partial charge in [0.25, 0.3) is 0 Å². The molecule has 0 amide bonds. The minimum atomic E-state index is -0.626. The standard InChI is InChI=1S/C16H22BrN2OP/c17-15-9-4-10-16(15)20-21-18-11-5-8-14(18)12-19(21)13-6-2-1-3-7-13/h1-3,6-7,14-16H,4-5,8-12H2/t14-,15+,16+,21?/m0/s1. The summed E-state index contributed by atoms with van der Waals surface area (Å²) in [6.45, 7) is 2.34. The van der Waals surface area contributed by atoms with Gasteiger partial charge in [0.1, 0.15) is 0 Å². The van der Waals surface area contributed by atoms with E-state index in [9.17, 15) is 0 Å². The summed E-state index contributed by atoms with van der Waals surface area (Å²) in [4.78, 5) is 0.541. The summed E-state index contributed by atoms with van der Waals surface area (Å²) in [5.41, 5.74) is 1.32. The van der Waals surface area contributed by atoms with E-state index in [1.807, 2.05) is 0 Å². The highest BCUT2D eigenvalue weighted by atomic mass is 79.9. The second-order valence-corrected chi connectivity index (χ2v) is 9.11. The van der Waals surface area contributed by atoms with E-state index in [2.05, 4.69) is 55.6 Å². The van der Waals surface area contributed by atoms with Crippen LogP contribution in [0.1, 0.15) is 32.1 Å². The number of benzene rings is 1. The largest absolute Gasteiger partial charge is 0.322 e. The lowest BCUT2D eigenvalue weighted by atomic mass is 10.2. The molecule has 1 saturated carbocycles. The third-order valence-corrected chi connectivity index (χ3v) is 8.09. The lowest BCUT2D eigenvalue weighted by molar-refractivity contribution is 0.223. The van der Waals surface area contributed by atoms with Gasteiger partial charge in [-0.3, -0.25) is 0 Å². The Balaban J connectivity index is 1.57. The molecule has 21 heavy (non-hydrogen) atoms. The zero-order chi connectivity index (χ0) is 14.2. The molecule has 3 fully saturated rings. The van der Waals surface area contributed by atoms with E-state index in [4.69, 9.17) is 4.52 Å². The van der Waals surface area contributed by atoms with Crippen LogP contribution in [0.15, 0.2) is 30.3 Å². The summed E-state index contributed by atoms with van der Waals surface area (Å²) >= 11 is 3.81. The van der Waals surface area contributed by atoms with Crippen LogP contribution in [0.5, 0.6) is 0 Å². The second-order valence-electron chi connectivity index (χ2n) is 6.22. The average molecular weight is 369 g/mol. The summed E-state index contributed by atoms with van der Waals surface area (Å²) in [6, 6.07) is 11.5. The molecule has 1 aromatic carbocycles. The number of alkyl halides is 1. The van der Waals surface area contributed by atoms with Gasteiger partial charge in [0.2, 0.25) is 8.45 Å². The van der Waals surface area contributed by atoms with E-state index < -0.39 is 8.45 Å². The fourth-order valence-electron chi connectivity index (χ4n) is 3.68. The maximum Gasteiger partial charge on any atom is 0.218 e. The highest BCUT2D eigenvalue weighted by Crippen LogP contribution is 2.58. The number of anilines is 1. The van der Waals surface area contributed by atoms with Crippen molar-refractivity contribution in [2.24, 2.45) is 0 Å². The number of fused-ring (bicyclic) bond motifs is 1. The van der Waals surface area contributed by atoms with E-state index in [0.29, 0.717) is 17.0 Å². The zero-order valence-corrected chi connectivity index (χ0v) is 14.7. The Morgan fingerprint density at radius 2 is 1.95 bits per heavy atom. The van der Waals surface area contributed by atoms with Gasteiger partial charge < -0.3 is 9.19 Å². The molecule has 0 spiro atoms. The molecule has 1 aliphatic carbocycles. The van der Waals surface area contributed by atoms with Crippen LogP contribution in [0.2, 0.25) is 0 Å². The molecule has 1 unspecified atom stereocenters. The van der Waals surface area contributed by atoms with Crippen molar-refractivity contribution in [3.63, 3.8) is 0 Å². The molecule has 2 saturated heterocycles. The van der Waals surface area contributed by atoms with Crippen molar-refractivity contribution in [2.45, 2.75) is 49.1 Å². The summed E-state index contributed by atoms with van der Waals surface area (Å²) in [5, 5.41) is 0. The first-order valence-corrected chi connectivity index (χ1v) is 10.1. The van der Waals surface area contributed by atoms with E-state index in [1.165, 1.54) is 44.3 Å². The van der Waals surface area contributed by atoms with Crippen molar-refractivity contribution in [1.29, 1.82) is 0 Å². The molecule has 4 rings (SSSR count). The van der Waals surface area contributed by atoms with Crippen molar-refractivity contribution in [2.75, 3.05) is 17.8 Å². The van der Waals surface area contributed by atoms with E-state index in [1.54, 1.807) is 0 Å². The van der Waals surface area contributed by atoms with Crippen LogP contribution in [0.4, 0.5) is 5.69 Å². The van der Waals surface area contributed by atoms with Crippen LogP contribution < -0.4 is 4.67 Å². The normalized spacial score (nSPS) is 36.3. The third kappa shape index (κ3) is 2.76. The lowest BCUT2D eigenvalue weighted by Gasteiger charge is -2.32. The summed E-state index contributed by atoms with van der Waals surface area (Å²) in [6.07, 6.45) is 6.80. The minimum Gasteiger partial charge on any atom is -0.322 e. The summed E-state index contributed by atoms with van der Waals surface area (Å²) < 4.78 is 11.8. The average Bonchev–Trinajstić information content (AvgIpc) is 3.19. The number of para-hydroxylation sites is 1. The number of halogens is 1. The van der Waals surface area contributed by atoms with Crippen LogP contribution in [-0.4, -0.2) is 34.7 Å². The van der Waals surface area contributed by atoms with E-state index in [-0.39, 0.29) is 0 Å². The molecule has 1 aromatic rings. The molecule has 0 bridgehead atoms. The van der Waals surface area contributed by atoms with Crippen LogP contribution >= 0.6 is 24.4 Å². The van der Waals surface area contributed by atoms with Crippen LogP contribution in [0.3, 0.4) is 0 Å². The van der Waals surface area contributed by atoms with Crippen molar-refractivity contribution < 1.29 is 4.52 Å². The predicted molar refractivity (Wildman–Crippen MR) is 91.9 cm³/mol. The first-order valence-electron chi connectivity index (χ1n) is 8.03. The Labute approximate surface area is 136 Å². The quantitative estimate of drug-likeness (QED) is 0.575. The monoisotopic (exact) mass is 368 g/mol. The first kappa shape index (κ1) is 14.4. The molecule has 0 radical (unpaired) electrons. The van der Waals surface area contributed by atoms with Gasteiger partial charge in [-0.1, -0.05) is 34.1 Å². The molecule has 3 nitrogen and oxygen atoms in total. The summed E-state index contributed by atoms with van der Waals surface area (Å²) in [5.74, 6) is 0. The number of hydrogen-bond acceptors (Lipinski definition) is 3. The number of nitrogens with zero attached hydrogens (tertiary/aromatic N) is 2. The van der Waals surface area contributed by atoms with Gasteiger partial charge >= 0.3 is 0 Å². The fourth-order valence-corrected chi connectivity index (χ4v) is 6.99. The van der Waals surface area contributed by atoms with Crippen molar-refractivity contribution in [3.05, 3.63) is 30.3 Å². The highest BCUT2D eigenvalue weighted by molar-refractivity contribution is 9.09. The molecular formula is C16H22BrN2OP. The molecule has 4 atom stereocenters. The molecule has 114 valence electrons. The van der Waals surface area contributed by atoms with Gasteiger partial charge in [0.15, 0.2) is 0 Å². The second kappa shape index (κ2) is 6.16. The Hall–Kier alpha value is -0.150. The van der Waals surface area contributed by atoms with Crippen molar-refractivity contribution in [3.8, 4) is 0 Å². The van der Waals surface area contributed by atoms with Gasteiger partial charge in [-0.15, -0.1) is 0 Å². The first-order chi connectivity index (χ1) is 10.3. The van der Waals surface area contributed by atoms with Gasteiger partial charge in [-0.2, -0.15) is 0 Å². The Kier molecular flexibility index (Phi) is 4.23. The number of rotatable bonds is 3. The topological polar surface area (TPSA) is 15.7 Å². The Morgan fingerprint density at radius 1 is 1.10 bits per heavy atom. The van der Waals surface area contributed by atoms with Gasteiger partial charge in [0.05, 0.1) is 6.10 Å². The Morgan fingerprint density at radius 3 is 2.71 bits per heavy atom. The van der Waals surface area contributed by atoms with Crippen molar-refractivity contribution >= 4 is 30.1 Å². The van der Waals surface area contributed by atoms with Crippen LogP contribution in [-0.2, 0) is 4.52 Å².